The molecule has 0 heterocycles. The molecule has 0 saturated heterocycles. The van der Waals surface area contributed by atoms with Crippen molar-refractivity contribution < 1.29 is 14.3 Å². The number of hydrogen-bond donors (Lipinski definition) is 0. The van der Waals surface area contributed by atoms with Crippen LogP contribution in [0.1, 0.15) is 34.1 Å². The Hall–Kier alpha value is -0.730. The summed E-state index contributed by atoms with van der Waals surface area (Å²) in [5.74, 6) is 0. The van der Waals surface area contributed by atoms with Gasteiger partial charge in [-0.15, -0.1) is 0 Å². The Morgan fingerprint density at radius 1 is 1.27 bits per heavy atom. The molecule has 0 rings (SSSR count). The van der Waals surface area contributed by atoms with E-state index in [9.17, 15) is 4.79 Å². The predicted molar refractivity (Wildman–Crippen MR) is 44.6 cm³/mol. The molecule has 0 amide bonds. The summed E-state index contributed by atoms with van der Waals surface area (Å²) in [5.41, 5.74) is 0. The maximum absolute atomic E-state index is 10.5. The highest BCUT2D eigenvalue weighted by Crippen LogP contribution is 1.90. The quantitative estimate of drug-likeness (QED) is 0.471. The minimum absolute atomic E-state index is 0. The van der Waals surface area contributed by atoms with E-state index in [0.29, 0.717) is 13.2 Å². The lowest BCUT2D eigenvalue weighted by Crippen LogP contribution is -2.07. The molecule has 3 heteroatoms. The Bertz CT molecular complexity index is 91.3. The number of rotatable bonds is 4. The highest BCUT2D eigenvalue weighted by Gasteiger charge is 1.98. The Kier molecular flexibility index (Phi) is 10.9. The van der Waals surface area contributed by atoms with Crippen molar-refractivity contribution in [3.63, 3.8) is 0 Å². The molecule has 0 atom stereocenters. The summed E-state index contributed by atoms with van der Waals surface area (Å²) in [6.07, 6.45) is 1.37. The minimum atomic E-state index is -0.559. The first-order chi connectivity index (χ1) is 4.81. The summed E-state index contributed by atoms with van der Waals surface area (Å²) in [6, 6.07) is 0. The second-order valence-electron chi connectivity index (χ2n) is 1.89. The Labute approximate surface area is 68.7 Å². The zero-order valence-corrected chi connectivity index (χ0v) is 6.55. The van der Waals surface area contributed by atoms with E-state index in [4.69, 9.17) is 0 Å². The topological polar surface area (TPSA) is 35.5 Å². The predicted octanol–water partition coefficient (Wildman–Crippen LogP) is 2.60. The van der Waals surface area contributed by atoms with Crippen molar-refractivity contribution in [3.8, 4) is 0 Å². The van der Waals surface area contributed by atoms with E-state index in [1.807, 2.05) is 6.92 Å². The lowest BCUT2D eigenvalue weighted by atomic mass is 10.4. The molecule has 0 bridgehead atoms. The smallest absolute Gasteiger partial charge is 0.435 e. The van der Waals surface area contributed by atoms with Crippen LogP contribution in [0.15, 0.2) is 0 Å². The minimum Gasteiger partial charge on any atom is -0.435 e. The normalized spacial score (nSPS) is 8.18. The lowest BCUT2D eigenvalue weighted by Gasteiger charge is -2.01. The number of hydrogen-bond acceptors (Lipinski definition) is 3. The van der Waals surface area contributed by atoms with Gasteiger partial charge in [-0.3, -0.25) is 0 Å². The number of ether oxygens (including phenoxy) is 2. The molecule has 0 unspecified atom stereocenters. The largest absolute Gasteiger partial charge is 0.508 e. The molecule has 0 aromatic heterocycles. The van der Waals surface area contributed by atoms with Crippen LogP contribution in [-0.2, 0) is 9.47 Å². The van der Waals surface area contributed by atoms with Gasteiger partial charge in [0.25, 0.3) is 0 Å². The van der Waals surface area contributed by atoms with Crippen LogP contribution >= 0.6 is 0 Å². The van der Waals surface area contributed by atoms with E-state index < -0.39 is 6.16 Å². The first-order valence-electron chi connectivity index (χ1n) is 3.60. The van der Waals surface area contributed by atoms with E-state index >= 15 is 0 Å². The van der Waals surface area contributed by atoms with Gasteiger partial charge in [-0.25, -0.2) is 4.79 Å². The zero-order valence-electron chi connectivity index (χ0n) is 6.55. The van der Waals surface area contributed by atoms with Gasteiger partial charge in [0.15, 0.2) is 0 Å². The average Bonchev–Trinajstić information content (AvgIpc) is 1.89. The molecule has 0 aliphatic carbocycles. The summed E-state index contributed by atoms with van der Waals surface area (Å²) in [5, 5.41) is 0. The first-order valence-corrected chi connectivity index (χ1v) is 3.60. The summed E-state index contributed by atoms with van der Waals surface area (Å²) in [4.78, 5) is 10.5. The van der Waals surface area contributed by atoms with Crippen LogP contribution in [0.25, 0.3) is 0 Å². The molecule has 0 spiro atoms. The van der Waals surface area contributed by atoms with Gasteiger partial charge < -0.3 is 9.47 Å². The van der Waals surface area contributed by atoms with Gasteiger partial charge in [0.05, 0.1) is 13.2 Å². The van der Waals surface area contributed by atoms with Gasteiger partial charge in [-0.2, -0.15) is 0 Å². The lowest BCUT2D eigenvalue weighted by molar-refractivity contribution is 0.0582. The van der Waals surface area contributed by atoms with E-state index in [0.717, 1.165) is 12.8 Å². The molecular weight excluding hydrogens is 144 g/mol. The molecule has 0 radical (unpaired) electrons. The third kappa shape index (κ3) is 9.27. The second-order valence-corrected chi connectivity index (χ2v) is 1.89. The monoisotopic (exact) mass is 162 g/mol. The van der Waals surface area contributed by atoms with E-state index in [1.165, 1.54) is 0 Å². The molecule has 0 aliphatic rings. The van der Waals surface area contributed by atoms with Crippen LogP contribution in [0.4, 0.5) is 4.79 Å². The third-order valence-corrected chi connectivity index (χ3v) is 0.980. The van der Waals surface area contributed by atoms with Crippen molar-refractivity contribution in [2.45, 2.75) is 34.1 Å². The highest BCUT2D eigenvalue weighted by atomic mass is 16.7. The Morgan fingerprint density at radius 3 is 2.36 bits per heavy atom. The van der Waals surface area contributed by atoms with Crippen molar-refractivity contribution in [1.82, 2.24) is 0 Å². The van der Waals surface area contributed by atoms with Crippen LogP contribution in [0.3, 0.4) is 0 Å². The molecule has 0 N–H and O–H groups in total. The molecule has 0 aromatic carbocycles. The number of unbranched alkanes of at least 4 members (excludes halogenated alkanes) is 1. The van der Waals surface area contributed by atoms with Crippen molar-refractivity contribution in [1.29, 1.82) is 0 Å². The molecule has 0 saturated carbocycles. The zero-order chi connectivity index (χ0) is 7.82. The Morgan fingerprint density at radius 2 is 1.91 bits per heavy atom. The van der Waals surface area contributed by atoms with Crippen LogP contribution in [0.5, 0.6) is 0 Å². The number of carbonyl (C=O) groups excluding carboxylic acids is 1. The van der Waals surface area contributed by atoms with Gasteiger partial charge in [0.2, 0.25) is 0 Å². The van der Waals surface area contributed by atoms with Crippen LogP contribution in [-0.4, -0.2) is 19.4 Å². The van der Waals surface area contributed by atoms with E-state index in [-0.39, 0.29) is 7.43 Å². The van der Waals surface area contributed by atoms with E-state index in [2.05, 4.69) is 9.47 Å². The van der Waals surface area contributed by atoms with Crippen molar-refractivity contribution >= 4 is 6.16 Å². The Balaban J connectivity index is 0. The first kappa shape index (κ1) is 12.9. The van der Waals surface area contributed by atoms with Crippen molar-refractivity contribution in [3.05, 3.63) is 0 Å². The molecule has 11 heavy (non-hydrogen) atoms. The standard InChI is InChI=1S/C7H14O3.CH4/c1-3-5-6-10-7(8)9-4-2;/h3-6H2,1-2H3;1H4. The highest BCUT2D eigenvalue weighted by molar-refractivity contribution is 5.59. The molecule has 0 aliphatic heterocycles. The molecule has 0 aromatic rings. The molecular formula is C8H18O3. The van der Waals surface area contributed by atoms with Crippen molar-refractivity contribution in [2.24, 2.45) is 0 Å². The fraction of sp³-hybridized carbons (Fsp3) is 0.875. The SMILES string of the molecule is C.CCCCOC(=O)OCC. The van der Waals surface area contributed by atoms with E-state index in [1.54, 1.807) is 6.92 Å². The maximum Gasteiger partial charge on any atom is 0.508 e. The van der Waals surface area contributed by atoms with Gasteiger partial charge in [0.1, 0.15) is 0 Å². The van der Waals surface area contributed by atoms with Gasteiger partial charge in [-0.05, 0) is 13.3 Å². The summed E-state index contributed by atoms with van der Waals surface area (Å²) < 4.78 is 9.19. The fourth-order valence-corrected chi connectivity index (χ4v) is 0.459. The fourth-order valence-electron chi connectivity index (χ4n) is 0.459. The van der Waals surface area contributed by atoms with Gasteiger partial charge in [0, 0.05) is 0 Å². The van der Waals surface area contributed by atoms with Crippen LogP contribution < -0.4 is 0 Å². The van der Waals surface area contributed by atoms with Crippen LogP contribution in [0.2, 0.25) is 0 Å². The third-order valence-electron chi connectivity index (χ3n) is 0.980. The second kappa shape index (κ2) is 9.27. The molecule has 3 nitrogen and oxygen atoms in total. The number of carbonyl (C=O) groups is 1. The van der Waals surface area contributed by atoms with Gasteiger partial charge in [-0.1, -0.05) is 20.8 Å². The average molecular weight is 162 g/mol. The van der Waals surface area contributed by atoms with Gasteiger partial charge >= 0.3 is 6.16 Å². The maximum atomic E-state index is 10.5. The summed E-state index contributed by atoms with van der Waals surface area (Å²) in [6.45, 7) is 4.63. The molecule has 0 fully saturated rings. The summed E-state index contributed by atoms with van der Waals surface area (Å²) in [7, 11) is 0. The van der Waals surface area contributed by atoms with Crippen LogP contribution in [0, 0.1) is 0 Å². The summed E-state index contributed by atoms with van der Waals surface area (Å²) >= 11 is 0. The van der Waals surface area contributed by atoms with Crippen molar-refractivity contribution in [2.75, 3.05) is 13.2 Å². The molecule has 68 valence electrons.